The second kappa shape index (κ2) is 9.92. The number of aromatic nitrogens is 2. The van der Waals surface area contributed by atoms with Crippen LogP contribution in [0.5, 0.6) is 0 Å². The second-order valence-corrected chi connectivity index (χ2v) is 10.9. The molecule has 3 aromatic rings. The largest absolute Gasteiger partial charge is 0.355 e. The quantitative estimate of drug-likeness (QED) is 0.386. The van der Waals surface area contributed by atoms with Gasteiger partial charge in [-0.25, -0.2) is 4.98 Å². The molecule has 2 aliphatic rings. The molecular formula is C25H28N4O3S2. The molecule has 9 heteroatoms. The van der Waals surface area contributed by atoms with E-state index in [0.29, 0.717) is 16.4 Å². The summed E-state index contributed by atoms with van der Waals surface area (Å²) in [5, 5.41) is 6.91. The lowest BCUT2D eigenvalue weighted by Gasteiger charge is -2.18. The molecule has 1 aromatic carbocycles. The summed E-state index contributed by atoms with van der Waals surface area (Å²) in [5.74, 6) is -0.182. The van der Waals surface area contributed by atoms with Crippen molar-refractivity contribution < 1.29 is 9.59 Å². The zero-order valence-electron chi connectivity index (χ0n) is 19.2. The van der Waals surface area contributed by atoms with Gasteiger partial charge in [0.25, 0.3) is 11.5 Å². The number of nitrogens with zero attached hydrogens (tertiary/aromatic N) is 2. The van der Waals surface area contributed by atoms with Crippen LogP contribution in [-0.4, -0.2) is 34.2 Å². The fourth-order valence-corrected chi connectivity index (χ4v) is 7.13. The van der Waals surface area contributed by atoms with Crippen LogP contribution in [0.2, 0.25) is 0 Å². The molecular weight excluding hydrogens is 468 g/mol. The lowest BCUT2D eigenvalue weighted by atomic mass is 9.97. The molecule has 0 saturated heterocycles. The fraction of sp³-hybridized carbons (Fsp3) is 0.440. The number of hydrogen-bond acceptors (Lipinski definition) is 6. The van der Waals surface area contributed by atoms with Crippen LogP contribution in [0.3, 0.4) is 0 Å². The highest BCUT2D eigenvalue weighted by atomic mass is 32.2. The maximum atomic E-state index is 13.7. The molecule has 0 bridgehead atoms. The standard InChI is InChI=1S/C25H28N4O3S2/c1-26-22(31)15-10-12-16(13-11-15)27-20(30)14-33-25-28-23-21(18-8-4-5-9-19(18)34-23)24(32)29(25)17-6-2-3-7-17/h10-13,17H,2-9,14H2,1H3,(H,26,31)(H,27,30). The van der Waals surface area contributed by atoms with Crippen LogP contribution in [0.15, 0.2) is 34.2 Å². The first kappa shape index (κ1) is 23.1. The average Bonchev–Trinajstić information content (AvgIpc) is 3.50. The van der Waals surface area contributed by atoms with Gasteiger partial charge in [0.05, 0.1) is 11.1 Å². The van der Waals surface area contributed by atoms with E-state index in [4.69, 9.17) is 4.98 Å². The predicted molar refractivity (Wildman–Crippen MR) is 137 cm³/mol. The van der Waals surface area contributed by atoms with Crippen molar-refractivity contribution in [3.05, 3.63) is 50.6 Å². The Bertz CT molecular complexity index is 1290. The number of rotatable bonds is 6. The Kier molecular flexibility index (Phi) is 6.74. The molecule has 0 unspecified atom stereocenters. The first-order valence-electron chi connectivity index (χ1n) is 11.9. The minimum atomic E-state index is -0.171. The number of thiophene rings is 1. The molecule has 5 rings (SSSR count). The Balaban J connectivity index is 1.38. The van der Waals surface area contributed by atoms with Crippen LogP contribution < -0.4 is 16.2 Å². The summed E-state index contributed by atoms with van der Waals surface area (Å²) < 4.78 is 1.88. The van der Waals surface area contributed by atoms with Gasteiger partial charge in [0, 0.05) is 29.2 Å². The number of fused-ring (bicyclic) bond motifs is 3. The van der Waals surface area contributed by atoms with Crippen molar-refractivity contribution in [2.45, 2.75) is 62.6 Å². The van der Waals surface area contributed by atoms with E-state index in [0.717, 1.165) is 55.2 Å². The van der Waals surface area contributed by atoms with Crippen molar-refractivity contribution in [1.82, 2.24) is 14.9 Å². The summed E-state index contributed by atoms with van der Waals surface area (Å²) in [5.41, 5.74) is 2.45. The fourth-order valence-electron chi connectivity index (χ4n) is 4.96. The number of carbonyl (C=O) groups is 2. The Labute approximate surface area is 206 Å². The number of thioether (sulfide) groups is 1. The topological polar surface area (TPSA) is 93.1 Å². The third-order valence-electron chi connectivity index (χ3n) is 6.67. The minimum absolute atomic E-state index is 0.0731. The highest BCUT2D eigenvalue weighted by Crippen LogP contribution is 2.37. The number of benzene rings is 1. The number of nitrogens with one attached hydrogen (secondary N) is 2. The molecule has 1 fully saturated rings. The van der Waals surface area contributed by atoms with E-state index < -0.39 is 0 Å². The highest BCUT2D eigenvalue weighted by Gasteiger charge is 2.27. The molecule has 7 nitrogen and oxygen atoms in total. The molecule has 34 heavy (non-hydrogen) atoms. The minimum Gasteiger partial charge on any atom is -0.355 e. The van der Waals surface area contributed by atoms with Crippen LogP contribution >= 0.6 is 23.1 Å². The summed E-state index contributed by atoms with van der Waals surface area (Å²) in [6.45, 7) is 0. The summed E-state index contributed by atoms with van der Waals surface area (Å²) in [7, 11) is 1.58. The number of hydrogen-bond donors (Lipinski definition) is 2. The highest BCUT2D eigenvalue weighted by molar-refractivity contribution is 7.99. The van der Waals surface area contributed by atoms with E-state index in [2.05, 4.69) is 10.6 Å². The molecule has 2 heterocycles. The molecule has 2 aromatic heterocycles. The molecule has 0 radical (unpaired) electrons. The number of amides is 2. The van der Waals surface area contributed by atoms with E-state index in [1.165, 1.54) is 28.6 Å². The normalized spacial score (nSPS) is 15.9. The van der Waals surface area contributed by atoms with Crippen LogP contribution in [0.4, 0.5) is 5.69 Å². The van der Waals surface area contributed by atoms with Gasteiger partial charge in [-0.3, -0.25) is 19.0 Å². The summed E-state index contributed by atoms with van der Waals surface area (Å²) >= 11 is 2.98. The lowest BCUT2D eigenvalue weighted by Crippen LogP contribution is -2.27. The Morgan fingerprint density at radius 2 is 1.85 bits per heavy atom. The van der Waals surface area contributed by atoms with Crippen molar-refractivity contribution >= 4 is 50.8 Å². The SMILES string of the molecule is CNC(=O)c1ccc(NC(=O)CSc2nc3sc4c(c3c(=O)n2C2CCCC2)CCCC4)cc1. The van der Waals surface area contributed by atoms with E-state index in [1.807, 2.05) is 4.57 Å². The monoisotopic (exact) mass is 496 g/mol. The summed E-state index contributed by atoms with van der Waals surface area (Å²) in [4.78, 5) is 45.1. The summed E-state index contributed by atoms with van der Waals surface area (Å²) in [6.07, 6.45) is 8.49. The molecule has 2 aliphatic carbocycles. The molecule has 178 valence electrons. The molecule has 0 aliphatic heterocycles. The van der Waals surface area contributed by atoms with Crippen molar-refractivity contribution in [3.63, 3.8) is 0 Å². The molecule has 0 atom stereocenters. The van der Waals surface area contributed by atoms with E-state index in [1.54, 1.807) is 42.6 Å². The van der Waals surface area contributed by atoms with Crippen molar-refractivity contribution in [1.29, 1.82) is 0 Å². The predicted octanol–water partition coefficient (Wildman–Crippen LogP) is 4.54. The van der Waals surface area contributed by atoms with Gasteiger partial charge < -0.3 is 10.6 Å². The second-order valence-electron chi connectivity index (χ2n) is 8.89. The van der Waals surface area contributed by atoms with Gasteiger partial charge in [0.1, 0.15) is 4.83 Å². The number of aryl methyl sites for hydroxylation is 2. The zero-order chi connectivity index (χ0) is 23.7. The van der Waals surface area contributed by atoms with Crippen LogP contribution in [0.25, 0.3) is 10.2 Å². The third-order valence-corrected chi connectivity index (χ3v) is 8.81. The van der Waals surface area contributed by atoms with Gasteiger partial charge in [-0.15, -0.1) is 11.3 Å². The third kappa shape index (κ3) is 4.51. The smallest absolute Gasteiger partial charge is 0.263 e. The van der Waals surface area contributed by atoms with Crippen molar-refractivity contribution in [2.75, 3.05) is 18.1 Å². The Morgan fingerprint density at radius 1 is 1.12 bits per heavy atom. The number of anilines is 1. The Morgan fingerprint density at radius 3 is 2.59 bits per heavy atom. The van der Waals surface area contributed by atoms with Gasteiger partial charge in [0.2, 0.25) is 5.91 Å². The molecule has 0 spiro atoms. The van der Waals surface area contributed by atoms with Crippen molar-refractivity contribution in [3.8, 4) is 0 Å². The van der Waals surface area contributed by atoms with E-state index in [9.17, 15) is 14.4 Å². The zero-order valence-corrected chi connectivity index (χ0v) is 20.8. The lowest BCUT2D eigenvalue weighted by molar-refractivity contribution is -0.113. The average molecular weight is 497 g/mol. The van der Waals surface area contributed by atoms with Gasteiger partial charge >= 0.3 is 0 Å². The first-order chi connectivity index (χ1) is 16.5. The van der Waals surface area contributed by atoms with E-state index in [-0.39, 0.29) is 29.2 Å². The first-order valence-corrected chi connectivity index (χ1v) is 13.7. The molecule has 1 saturated carbocycles. The maximum Gasteiger partial charge on any atom is 0.263 e. The van der Waals surface area contributed by atoms with Crippen LogP contribution in [0, 0.1) is 0 Å². The maximum absolute atomic E-state index is 13.7. The van der Waals surface area contributed by atoms with Gasteiger partial charge in [-0.05, 0) is 68.4 Å². The Hall–Kier alpha value is -2.65. The van der Waals surface area contributed by atoms with E-state index >= 15 is 0 Å². The van der Waals surface area contributed by atoms with Gasteiger partial charge in [-0.1, -0.05) is 24.6 Å². The van der Waals surface area contributed by atoms with Gasteiger partial charge in [-0.2, -0.15) is 0 Å². The molecule has 2 amide bonds. The summed E-state index contributed by atoms with van der Waals surface area (Å²) in [6, 6.07) is 6.93. The van der Waals surface area contributed by atoms with Crippen LogP contribution in [-0.2, 0) is 17.6 Å². The molecule has 2 N–H and O–H groups in total. The van der Waals surface area contributed by atoms with Gasteiger partial charge in [0.15, 0.2) is 5.16 Å². The number of carbonyl (C=O) groups excluding carboxylic acids is 2. The van der Waals surface area contributed by atoms with Crippen LogP contribution in [0.1, 0.15) is 65.4 Å². The van der Waals surface area contributed by atoms with Crippen molar-refractivity contribution in [2.24, 2.45) is 0 Å².